The second-order valence-electron chi connectivity index (χ2n) is 4.06. The lowest BCUT2D eigenvalue weighted by atomic mass is 10.3. The summed E-state index contributed by atoms with van der Waals surface area (Å²) in [4.78, 5) is 23.2. The molecule has 5 nitrogen and oxygen atoms in total. The maximum Gasteiger partial charge on any atom is 0.328 e. The molecule has 0 saturated carbocycles. The first-order chi connectivity index (χ1) is 9.04. The fourth-order valence-electron chi connectivity index (χ4n) is 1.41. The summed E-state index contributed by atoms with van der Waals surface area (Å²) in [6, 6.07) is 8.34. The minimum atomic E-state index is -0.686. The topological polar surface area (TPSA) is 64.6 Å². The van der Waals surface area contributed by atoms with Crippen LogP contribution in [0.2, 0.25) is 0 Å². The van der Waals surface area contributed by atoms with Gasteiger partial charge in [0, 0.05) is 0 Å². The van der Waals surface area contributed by atoms with Gasteiger partial charge in [0.05, 0.1) is 6.61 Å². The molecule has 5 heteroatoms. The van der Waals surface area contributed by atoms with Crippen molar-refractivity contribution in [2.24, 2.45) is 0 Å². The highest BCUT2D eigenvalue weighted by Gasteiger charge is 2.21. The molecule has 1 amide bonds. The first kappa shape index (κ1) is 15.0. The molecule has 0 aliphatic heterocycles. The van der Waals surface area contributed by atoms with Crippen LogP contribution in [0.3, 0.4) is 0 Å². The van der Waals surface area contributed by atoms with Gasteiger partial charge in [-0.25, -0.2) is 4.79 Å². The minimum absolute atomic E-state index is 0.287. The largest absolute Gasteiger partial charge is 0.481 e. The van der Waals surface area contributed by atoms with E-state index in [9.17, 15) is 9.59 Å². The van der Waals surface area contributed by atoms with Crippen molar-refractivity contribution in [1.82, 2.24) is 5.32 Å². The number of carbonyl (C=O) groups excluding carboxylic acids is 2. The maximum absolute atomic E-state index is 11.8. The Morgan fingerprint density at radius 2 is 1.84 bits per heavy atom. The molecule has 1 aromatic rings. The van der Waals surface area contributed by atoms with Crippen LogP contribution in [-0.2, 0) is 14.3 Å². The van der Waals surface area contributed by atoms with Gasteiger partial charge in [0.2, 0.25) is 0 Å². The summed E-state index contributed by atoms with van der Waals surface area (Å²) >= 11 is 0. The Hall–Kier alpha value is -2.04. The van der Waals surface area contributed by atoms with Gasteiger partial charge in [-0.15, -0.1) is 0 Å². The summed E-state index contributed by atoms with van der Waals surface area (Å²) < 4.78 is 10.3. The maximum atomic E-state index is 11.8. The molecule has 1 aromatic carbocycles. The summed E-state index contributed by atoms with van der Waals surface area (Å²) in [5.74, 6) is -0.207. The standard InChI is InChI=1S/C14H19NO4/c1-4-18-14(17)10(2)15-13(16)11(3)19-12-8-6-5-7-9-12/h5-11H,4H2,1-3H3,(H,15,16). The zero-order valence-electron chi connectivity index (χ0n) is 11.4. The lowest BCUT2D eigenvalue weighted by Crippen LogP contribution is -2.45. The van der Waals surface area contributed by atoms with Crippen molar-refractivity contribution in [1.29, 1.82) is 0 Å². The van der Waals surface area contributed by atoms with Crippen LogP contribution in [0.25, 0.3) is 0 Å². The summed E-state index contributed by atoms with van der Waals surface area (Å²) in [6.45, 7) is 5.20. The lowest BCUT2D eigenvalue weighted by molar-refractivity contribution is -0.147. The van der Waals surface area contributed by atoms with E-state index in [1.54, 1.807) is 32.9 Å². The highest BCUT2D eigenvalue weighted by molar-refractivity contribution is 5.86. The molecule has 0 saturated heterocycles. The molecule has 0 radical (unpaired) electrons. The molecule has 0 bridgehead atoms. The van der Waals surface area contributed by atoms with Crippen LogP contribution in [0.15, 0.2) is 30.3 Å². The van der Waals surface area contributed by atoms with Gasteiger partial charge in [0.1, 0.15) is 11.8 Å². The van der Waals surface area contributed by atoms with Gasteiger partial charge in [-0.05, 0) is 32.9 Å². The second-order valence-corrected chi connectivity index (χ2v) is 4.06. The van der Waals surface area contributed by atoms with Crippen molar-refractivity contribution < 1.29 is 19.1 Å². The summed E-state index contributed by atoms with van der Waals surface area (Å²) in [7, 11) is 0. The fraction of sp³-hybridized carbons (Fsp3) is 0.429. The molecule has 2 atom stereocenters. The Balaban J connectivity index is 2.47. The van der Waals surface area contributed by atoms with Gasteiger partial charge >= 0.3 is 5.97 Å². The van der Waals surface area contributed by atoms with E-state index in [0.717, 1.165) is 0 Å². The van der Waals surface area contributed by atoms with Crippen LogP contribution in [-0.4, -0.2) is 30.6 Å². The first-order valence-electron chi connectivity index (χ1n) is 6.23. The third kappa shape index (κ3) is 4.99. The summed E-state index contributed by atoms with van der Waals surface area (Å²) in [6.07, 6.45) is -0.681. The lowest BCUT2D eigenvalue weighted by Gasteiger charge is -2.17. The van der Waals surface area contributed by atoms with E-state index in [4.69, 9.17) is 9.47 Å². The molecule has 0 aliphatic carbocycles. The van der Waals surface area contributed by atoms with E-state index in [-0.39, 0.29) is 12.5 Å². The molecule has 104 valence electrons. The van der Waals surface area contributed by atoms with Gasteiger partial charge in [-0.3, -0.25) is 4.79 Å². The van der Waals surface area contributed by atoms with Crippen LogP contribution >= 0.6 is 0 Å². The Morgan fingerprint density at radius 3 is 2.42 bits per heavy atom. The predicted molar refractivity (Wildman–Crippen MR) is 70.8 cm³/mol. The Kier molecular flexibility index (Phi) is 5.85. The number of amides is 1. The molecule has 0 heterocycles. The van der Waals surface area contributed by atoms with Crippen molar-refractivity contribution >= 4 is 11.9 Å². The average molecular weight is 265 g/mol. The van der Waals surface area contributed by atoms with Crippen LogP contribution in [0.1, 0.15) is 20.8 Å². The monoisotopic (exact) mass is 265 g/mol. The normalized spacial score (nSPS) is 13.2. The quantitative estimate of drug-likeness (QED) is 0.792. The Labute approximate surface area is 112 Å². The van der Waals surface area contributed by atoms with E-state index in [1.165, 1.54) is 0 Å². The highest BCUT2D eigenvalue weighted by Crippen LogP contribution is 2.10. The van der Waals surface area contributed by atoms with Crippen molar-refractivity contribution in [2.75, 3.05) is 6.61 Å². The van der Waals surface area contributed by atoms with E-state index in [2.05, 4.69) is 5.32 Å². The molecule has 0 aromatic heterocycles. The molecular formula is C14H19NO4. The fourth-order valence-corrected chi connectivity index (χ4v) is 1.41. The molecule has 0 fully saturated rings. The van der Waals surface area contributed by atoms with Crippen molar-refractivity contribution in [2.45, 2.75) is 32.9 Å². The van der Waals surface area contributed by atoms with Crippen LogP contribution in [0.5, 0.6) is 5.75 Å². The van der Waals surface area contributed by atoms with Crippen LogP contribution in [0, 0.1) is 0 Å². The number of carbonyl (C=O) groups is 2. The zero-order chi connectivity index (χ0) is 14.3. The van der Waals surface area contributed by atoms with Gasteiger partial charge in [-0.2, -0.15) is 0 Å². The summed E-state index contributed by atoms with van der Waals surface area (Å²) in [5, 5.41) is 2.55. The van der Waals surface area contributed by atoms with Crippen LogP contribution in [0.4, 0.5) is 0 Å². The van der Waals surface area contributed by atoms with Gasteiger partial charge in [0.15, 0.2) is 6.10 Å². The minimum Gasteiger partial charge on any atom is -0.481 e. The van der Waals surface area contributed by atoms with Crippen molar-refractivity contribution in [3.8, 4) is 5.75 Å². The van der Waals surface area contributed by atoms with E-state index < -0.39 is 18.1 Å². The number of hydrogen-bond donors (Lipinski definition) is 1. The van der Waals surface area contributed by atoms with E-state index in [0.29, 0.717) is 5.75 Å². The van der Waals surface area contributed by atoms with Crippen molar-refractivity contribution in [3.63, 3.8) is 0 Å². The van der Waals surface area contributed by atoms with E-state index >= 15 is 0 Å². The van der Waals surface area contributed by atoms with Gasteiger partial charge in [0.25, 0.3) is 5.91 Å². The number of hydrogen-bond acceptors (Lipinski definition) is 4. The van der Waals surface area contributed by atoms with Gasteiger partial charge < -0.3 is 14.8 Å². The number of ether oxygens (including phenoxy) is 2. The Bertz CT molecular complexity index is 419. The van der Waals surface area contributed by atoms with Crippen molar-refractivity contribution in [3.05, 3.63) is 30.3 Å². The smallest absolute Gasteiger partial charge is 0.328 e. The highest BCUT2D eigenvalue weighted by atomic mass is 16.5. The molecule has 0 aliphatic rings. The SMILES string of the molecule is CCOC(=O)C(C)NC(=O)C(C)Oc1ccccc1. The third-order valence-electron chi connectivity index (χ3n) is 2.42. The number of para-hydroxylation sites is 1. The molecule has 19 heavy (non-hydrogen) atoms. The average Bonchev–Trinajstić information content (AvgIpc) is 2.40. The molecule has 2 unspecified atom stereocenters. The Morgan fingerprint density at radius 1 is 1.21 bits per heavy atom. The van der Waals surface area contributed by atoms with E-state index in [1.807, 2.05) is 18.2 Å². The number of esters is 1. The number of rotatable bonds is 6. The zero-order valence-corrected chi connectivity index (χ0v) is 11.4. The third-order valence-corrected chi connectivity index (χ3v) is 2.42. The molecule has 1 N–H and O–H groups in total. The predicted octanol–water partition coefficient (Wildman–Crippen LogP) is 1.52. The molecule has 1 rings (SSSR count). The summed E-state index contributed by atoms with van der Waals surface area (Å²) in [5.41, 5.74) is 0. The molecule has 0 spiro atoms. The first-order valence-corrected chi connectivity index (χ1v) is 6.23. The van der Waals surface area contributed by atoms with Gasteiger partial charge in [-0.1, -0.05) is 18.2 Å². The number of benzene rings is 1. The molecular weight excluding hydrogens is 246 g/mol. The second kappa shape index (κ2) is 7.41. The number of nitrogens with one attached hydrogen (secondary N) is 1. The van der Waals surface area contributed by atoms with Crippen LogP contribution < -0.4 is 10.1 Å².